The Morgan fingerprint density at radius 1 is 1.00 bits per heavy atom. The van der Waals surface area contributed by atoms with Crippen molar-refractivity contribution in [2.75, 3.05) is 19.1 Å². The van der Waals surface area contributed by atoms with Gasteiger partial charge in [0.15, 0.2) is 15.6 Å². The zero-order valence-electron chi connectivity index (χ0n) is 11.2. The number of para-hydroxylation sites is 1. The van der Waals surface area contributed by atoms with E-state index in [1.165, 1.54) is 6.07 Å². The first-order valence-electron chi connectivity index (χ1n) is 5.82. The number of nitrogens with two attached hydrogens (primary N) is 1. The SMILES string of the molecule is COc1ccc(Oc2cccc(S(C)(=O)=O)c2N)cc1. The molecule has 6 heteroatoms. The minimum absolute atomic E-state index is 0.0588. The summed E-state index contributed by atoms with van der Waals surface area (Å²) < 4.78 is 33.8. The van der Waals surface area contributed by atoms with E-state index in [9.17, 15) is 8.42 Å². The van der Waals surface area contributed by atoms with Crippen molar-refractivity contribution in [1.82, 2.24) is 0 Å². The van der Waals surface area contributed by atoms with Gasteiger partial charge in [0.05, 0.1) is 17.7 Å². The van der Waals surface area contributed by atoms with Crippen LogP contribution in [0.1, 0.15) is 0 Å². The van der Waals surface area contributed by atoms with E-state index in [-0.39, 0.29) is 10.6 Å². The van der Waals surface area contributed by atoms with E-state index < -0.39 is 9.84 Å². The molecule has 0 aliphatic rings. The first-order valence-corrected chi connectivity index (χ1v) is 7.71. The Morgan fingerprint density at radius 2 is 1.60 bits per heavy atom. The summed E-state index contributed by atoms with van der Waals surface area (Å²) in [5.74, 6) is 1.55. The Balaban J connectivity index is 2.34. The van der Waals surface area contributed by atoms with E-state index in [0.717, 1.165) is 6.26 Å². The Hall–Kier alpha value is -2.21. The summed E-state index contributed by atoms with van der Waals surface area (Å²) >= 11 is 0. The van der Waals surface area contributed by atoms with Crippen molar-refractivity contribution in [3.8, 4) is 17.2 Å². The summed E-state index contributed by atoms with van der Waals surface area (Å²) in [4.78, 5) is 0.0588. The molecule has 0 unspecified atom stereocenters. The van der Waals surface area contributed by atoms with Gasteiger partial charge in [0.1, 0.15) is 11.5 Å². The summed E-state index contributed by atoms with van der Waals surface area (Å²) in [6.07, 6.45) is 1.11. The molecule has 0 spiro atoms. The van der Waals surface area contributed by atoms with E-state index in [1.807, 2.05) is 0 Å². The zero-order valence-corrected chi connectivity index (χ0v) is 12.0. The number of anilines is 1. The van der Waals surface area contributed by atoms with Gasteiger partial charge in [-0.1, -0.05) is 6.07 Å². The van der Waals surface area contributed by atoms with Crippen LogP contribution in [0.15, 0.2) is 47.4 Å². The van der Waals surface area contributed by atoms with E-state index in [2.05, 4.69) is 0 Å². The molecule has 0 radical (unpaired) electrons. The maximum Gasteiger partial charge on any atom is 0.177 e. The highest BCUT2D eigenvalue weighted by atomic mass is 32.2. The topological polar surface area (TPSA) is 78.6 Å². The van der Waals surface area contributed by atoms with Crippen LogP contribution in [0.3, 0.4) is 0 Å². The van der Waals surface area contributed by atoms with Gasteiger partial charge >= 0.3 is 0 Å². The van der Waals surface area contributed by atoms with Crippen molar-refractivity contribution in [2.45, 2.75) is 4.90 Å². The molecule has 0 atom stereocenters. The van der Waals surface area contributed by atoms with Crippen molar-refractivity contribution in [3.63, 3.8) is 0 Å². The second-order valence-electron chi connectivity index (χ2n) is 4.22. The van der Waals surface area contributed by atoms with Crippen LogP contribution in [-0.4, -0.2) is 21.8 Å². The summed E-state index contributed by atoms with van der Waals surface area (Å²) in [5.41, 5.74) is 5.95. The molecule has 2 rings (SSSR count). The average Bonchev–Trinajstić information content (AvgIpc) is 2.40. The van der Waals surface area contributed by atoms with Crippen LogP contribution in [-0.2, 0) is 9.84 Å². The van der Waals surface area contributed by atoms with Crippen LogP contribution in [0.5, 0.6) is 17.2 Å². The van der Waals surface area contributed by atoms with Crippen LogP contribution in [0.25, 0.3) is 0 Å². The predicted octanol–water partition coefficient (Wildman–Crippen LogP) is 2.47. The lowest BCUT2D eigenvalue weighted by molar-refractivity contribution is 0.413. The van der Waals surface area contributed by atoms with Gasteiger partial charge in [-0.15, -0.1) is 0 Å². The number of sulfone groups is 1. The number of nitrogen functional groups attached to an aromatic ring is 1. The molecular weight excluding hydrogens is 278 g/mol. The Morgan fingerprint density at radius 3 is 2.15 bits per heavy atom. The van der Waals surface area contributed by atoms with Crippen molar-refractivity contribution in [2.24, 2.45) is 0 Å². The number of benzene rings is 2. The number of hydrogen-bond donors (Lipinski definition) is 1. The fourth-order valence-corrected chi connectivity index (χ4v) is 2.53. The van der Waals surface area contributed by atoms with E-state index in [0.29, 0.717) is 17.2 Å². The zero-order chi connectivity index (χ0) is 14.8. The van der Waals surface area contributed by atoms with Gasteiger partial charge in [-0.05, 0) is 36.4 Å². The fourth-order valence-electron chi connectivity index (χ4n) is 1.71. The van der Waals surface area contributed by atoms with Gasteiger partial charge in [0.25, 0.3) is 0 Å². The molecule has 0 aliphatic heterocycles. The van der Waals surface area contributed by atoms with Gasteiger partial charge in [-0.2, -0.15) is 0 Å². The van der Waals surface area contributed by atoms with Crippen molar-refractivity contribution in [3.05, 3.63) is 42.5 Å². The third kappa shape index (κ3) is 3.03. The van der Waals surface area contributed by atoms with Gasteiger partial charge in [0.2, 0.25) is 0 Å². The number of hydrogen-bond acceptors (Lipinski definition) is 5. The average molecular weight is 293 g/mol. The highest BCUT2D eigenvalue weighted by Gasteiger charge is 2.15. The molecule has 2 aromatic carbocycles. The first kappa shape index (κ1) is 14.2. The maximum atomic E-state index is 11.6. The molecule has 0 amide bonds. The first-order chi connectivity index (χ1) is 9.41. The van der Waals surface area contributed by atoms with Crippen molar-refractivity contribution in [1.29, 1.82) is 0 Å². The molecule has 0 aliphatic carbocycles. The standard InChI is InChI=1S/C14H15NO4S/c1-18-10-6-8-11(9-7-10)19-12-4-3-5-13(14(12)15)20(2,16)17/h3-9H,15H2,1-2H3. The summed E-state index contributed by atoms with van der Waals surface area (Å²) in [6.45, 7) is 0. The molecule has 0 saturated carbocycles. The lowest BCUT2D eigenvalue weighted by Crippen LogP contribution is -2.03. The summed E-state index contributed by atoms with van der Waals surface area (Å²) in [5, 5.41) is 0. The normalized spacial score (nSPS) is 11.1. The van der Waals surface area contributed by atoms with Gasteiger partial charge < -0.3 is 15.2 Å². The third-order valence-corrected chi connectivity index (χ3v) is 3.87. The molecule has 0 aromatic heterocycles. The molecular formula is C14H15NO4S. The Bertz CT molecular complexity index is 708. The molecule has 20 heavy (non-hydrogen) atoms. The molecule has 0 saturated heterocycles. The van der Waals surface area contributed by atoms with E-state index in [4.69, 9.17) is 15.2 Å². The van der Waals surface area contributed by atoms with E-state index in [1.54, 1.807) is 43.5 Å². The molecule has 2 N–H and O–H groups in total. The predicted molar refractivity (Wildman–Crippen MR) is 77.0 cm³/mol. The second-order valence-corrected chi connectivity index (χ2v) is 6.20. The Kier molecular flexibility index (Phi) is 3.85. The highest BCUT2D eigenvalue weighted by molar-refractivity contribution is 7.90. The van der Waals surface area contributed by atoms with Gasteiger partial charge in [0, 0.05) is 6.26 Å². The second kappa shape index (κ2) is 5.42. The highest BCUT2D eigenvalue weighted by Crippen LogP contribution is 2.32. The quantitative estimate of drug-likeness (QED) is 0.876. The lowest BCUT2D eigenvalue weighted by Gasteiger charge is -2.11. The van der Waals surface area contributed by atoms with Crippen LogP contribution in [0, 0.1) is 0 Å². The maximum absolute atomic E-state index is 11.6. The summed E-state index contributed by atoms with van der Waals surface area (Å²) in [7, 11) is -1.81. The molecule has 0 heterocycles. The molecule has 0 bridgehead atoms. The van der Waals surface area contributed by atoms with Crippen LogP contribution in [0.2, 0.25) is 0 Å². The number of rotatable bonds is 4. The minimum Gasteiger partial charge on any atom is -0.497 e. The smallest absolute Gasteiger partial charge is 0.177 e. The van der Waals surface area contributed by atoms with Gasteiger partial charge in [-0.3, -0.25) is 0 Å². The van der Waals surface area contributed by atoms with Crippen LogP contribution in [0.4, 0.5) is 5.69 Å². The molecule has 2 aromatic rings. The summed E-state index contributed by atoms with van der Waals surface area (Å²) in [6, 6.07) is 11.6. The molecule has 0 fully saturated rings. The molecule has 106 valence electrons. The van der Waals surface area contributed by atoms with E-state index >= 15 is 0 Å². The largest absolute Gasteiger partial charge is 0.497 e. The Labute approximate surface area is 117 Å². The lowest BCUT2D eigenvalue weighted by atomic mass is 10.3. The number of ether oxygens (including phenoxy) is 2. The van der Waals surface area contributed by atoms with Gasteiger partial charge in [-0.25, -0.2) is 8.42 Å². The minimum atomic E-state index is -3.38. The van der Waals surface area contributed by atoms with Crippen molar-refractivity contribution < 1.29 is 17.9 Å². The monoisotopic (exact) mass is 293 g/mol. The third-order valence-electron chi connectivity index (χ3n) is 2.71. The van der Waals surface area contributed by atoms with Crippen LogP contribution < -0.4 is 15.2 Å². The number of methoxy groups -OCH3 is 1. The van der Waals surface area contributed by atoms with Crippen LogP contribution >= 0.6 is 0 Å². The fraction of sp³-hybridized carbons (Fsp3) is 0.143. The van der Waals surface area contributed by atoms with Crippen molar-refractivity contribution >= 4 is 15.5 Å². The molecule has 5 nitrogen and oxygen atoms in total.